The third kappa shape index (κ3) is 4.50. The second kappa shape index (κ2) is 6.20. The first kappa shape index (κ1) is 14.2. The molecule has 2 nitrogen and oxygen atoms in total. The molecule has 0 saturated heterocycles. The molecule has 0 aliphatic heterocycles. The third-order valence-electron chi connectivity index (χ3n) is 3.00. The molecule has 1 atom stereocenters. The number of alkyl halides is 1. The van der Waals surface area contributed by atoms with Crippen LogP contribution in [0.4, 0.5) is 0 Å². The highest BCUT2D eigenvalue weighted by Crippen LogP contribution is 2.13. The molecule has 1 amide bonds. The highest BCUT2D eigenvalue weighted by atomic mass is 79.9. The first-order valence-corrected chi connectivity index (χ1v) is 7.04. The number of amides is 1. The van der Waals surface area contributed by atoms with E-state index in [-0.39, 0.29) is 11.4 Å². The van der Waals surface area contributed by atoms with E-state index in [1.54, 1.807) is 0 Å². The molecule has 0 spiro atoms. The summed E-state index contributed by atoms with van der Waals surface area (Å²) in [6.07, 6.45) is 1.36. The van der Waals surface area contributed by atoms with Crippen LogP contribution >= 0.6 is 15.9 Å². The van der Waals surface area contributed by atoms with Crippen LogP contribution in [0.1, 0.15) is 31.4 Å². The Bertz CT molecular complexity index is 368. The number of carbonyl (C=O) groups excluding carboxylic acids is 1. The Morgan fingerprint density at radius 2 is 1.94 bits per heavy atom. The molecular weight excluding hydrogens is 278 g/mol. The number of hydrogen-bond donors (Lipinski definition) is 1. The van der Waals surface area contributed by atoms with Gasteiger partial charge in [0.15, 0.2) is 0 Å². The Kier molecular flexibility index (Phi) is 5.19. The quantitative estimate of drug-likeness (QED) is 0.831. The standard InChI is InChI=1S/C14H20BrNO/c1-4-14(3,10-15)16-13(17)9-12-7-5-11(2)6-8-12/h5-8H,4,9-10H2,1-3H3,(H,16,17). The van der Waals surface area contributed by atoms with Gasteiger partial charge in [-0.05, 0) is 25.8 Å². The van der Waals surface area contributed by atoms with Gasteiger partial charge in [-0.15, -0.1) is 0 Å². The molecule has 17 heavy (non-hydrogen) atoms. The van der Waals surface area contributed by atoms with Crippen molar-refractivity contribution in [2.75, 3.05) is 5.33 Å². The molecule has 1 aromatic carbocycles. The van der Waals surface area contributed by atoms with Crippen molar-refractivity contribution in [3.63, 3.8) is 0 Å². The third-order valence-corrected chi connectivity index (χ3v) is 4.24. The zero-order valence-corrected chi connectivity index (χ0v) is 12.3. The lowest BCUT2D eigenvalue weighted by molar-refractivity contribution is -0.122. The lowest BCUT2D eigenvalue weighted by Gasteiger charge is -2.27. The van der Waals surface area contributed by atoms with Crippen LogP contribution < -0.4 is 5.32 Å². The van der Waals surface area contributed by atoms with E-state index in [0.717, 1.165) is 17.3 Å². The van der Waals surface area contributed by atoms with E-state index >= 15 is 0 Å². The van der Waals surface area contributed by atoms with Gasteiger partial charge in [0.1, 0.15) is 0 Å². The van der Waals surface area contributed by atoms with E-state index < -0.39 is 0 Å². The molecule has 1 rings (SSSR count). The maximum Gasteiger partial charge on any atom is 0.224 e. The predicted molar refractivity (Wildman–Crippen MR) is 75.5 cm³/mol. The lowest BCUT2D eigenvalue weighted by Crippen LogP contribution is -2.47. The van der Waals surface area contributed by atoms with E-state index in [2.05, 4.69) is 35.1 Å². The molecule has 0 bridgehead atoms. The summed E-state index contributed by atoms with van der Waals surface area (Å²) in [5.41, 5.74) is 2.12. The zero-order chi connectivity index (χ0) is 12.9. The number of rotatable bonds is 5. The van der Waals surface area contributed by atoms with Crippen LogP contribution in [0.15, 0.2) is 24.3 Å². The minimum atomic E-state index is -0.151. The van der Waals surface area contributed by atoms with Crippen molar-refractivity contribution in [1.82, 2.24) is 5.32 Å². The van der Waals surface area contributed by atoms with E-state index in [1.807, 2.05) is 31.2 Å². The van der Waals surface area contributed by atoms with Crippen LogP contribution in [-0.4, -0.2) is 16.8 Å². The number of carbonyl (C=O) groups is 1. The Morgan fingerprint density at radius 1 is 1.35 bits per heavy atom. The average Bonchev–Trinajstić information content (AvgIpc) is 2.32. The van der Waals surface area contributed by atoms with Crippen molar-refractivity contribution in [2.24, 2.45) is 0 Å². The number of aryl methyl sites for hydroxylation is 1. The molecule has 1 aromatic rings. The van der Waals surface area contributed by atoms with Crippen molar-refractivity contribution >= 4 is 21.8 Å². The number of nitrogens with one attached hydrogen (secondary N) is 1. The summed E-state index contributed by atoms with van der Waals surface area (Å²) in [4.78, 5) is 11.9. The molecule has 0 fully saturated rings. The van der Waals surface area contributed by atoms with Gasteiger partial charge >= 0.3 is 0 Å². The van der Waals surface area contributed by atoms with Crippen molar-refractivity contribution in [1.29, 1.82) is 0 Å². The van der Waals surface area contributed by atoms with Gasteiger partial charge in [-0.1, -0.05) is 52.7 Å². The number of hydrogen-bond acceptors (Lipinski definition) is 1. The van der Waals surface area contributed by atoms with Crippen LogP contribution in [0.2, 0.25) is 0 Å². The second-order valence-corrected chi connectivity index (χ2v) is 5.32. The van der Waals surface area contributed by atoms with Crippen LogP contribution in [0.25, 0.3) is 0 Å². The van der Waals surface area contributed by atoms with Gasteiger partial charge in [-0.2, -0.15) is 0 Å². The van der Waals surface area contributed by atoms with Crippen molar-refractivity contribution in [2.45, 2.75) is 39.2 Å². The number of halogens is 1. The largest absolute Gasteiger partial charge is 0.350 e. The van der Waals surface area contributed by atoms with E-state index in [0.29, 0.717) is 6.42 Å². The second-order valence-electron chi connectivity index (χ2n) is 4.76. The maximum absolute atomic E-state index is 11.9. The molecular formula is C14H20BrNO. The SMILES string of the molecule is CCC(C)(CBr)NC(=O)Cc1ccc(C)cc1. The fourth-order valence-electron chi connectivity index (χ4n) is 1.49. The molecule has 0 aromatic heterocycles. The molecule has 0 heterocycles. The molecule has 0 saturated carbocycles. The lowest BCUT2D eigenvalue weighted by atomic mass is 10.0. The van der Waals surface area contributed by atoms with Gasteiger partial charge in [0, 0.05) is 10.9 Å². The van der Waals surface area contributed by atoms with Gasteiger partial charge in [-0.25, -0.2) is 0 Å². The monoisotopic (exact) mass is 297 g/mol. The number of benzene rings is 1. The maximum atomic E-state index is 11.9. The van der Waals surface area contributed by atoms with Crippen molar-refractivity contribution in [3.8, 4) is 0 Å². The summed E-state index contributed by atoms with van der Waals surface area (Å²) in [5, 5.41) is 3.84. The predicted octanol–water partition coefficient (Wildman–Crippen LogP) is 3.22. The van der Waals surface area contributed by atoms with Crippen LogP contribution in [0.3, 0.4) is 0 Å². The Labute approximate surface area is 112 Å². The summed E-state index contributed by atoms with van der Waals surface area (Å²) in [5.74, 6) is 0.0812. The first-order chi connectivity index (χ1) is 7.99. The van der Waals surface area contributed by atoms with Gasteiger partial charge in [0.2, 0.25) is 5.91 Å². The molecule has 0 aliphatic carbocycles. The Hall–Kier alpha value is -0.830. The molecule has 1 unspecified atom stereocenters. The van der Waals surface area contributed by atoms with Crippen LogP contribution in [-0.2, 0) is 11.2 Å². The summed E-state index contributed by atoms with van der Waals surface area (Å²) in [6.45, 7) is 6.17. The van der Waals surface area contributed by atoms with Gasteiger partial charge in [0.25, 0.3) is 0 Å². The van der Waals surface area contributed by atoms with Crippen molar-refractivity contribution < 1.29 is 4.79 Å². The average molecular weight is 298 g/mol. The van der Waals surface area contributed by atoms with E-state index in [4.69, 9.17) is 0 Å². The Morgan fingerprint density at radius 3 is 2.41 bits per heavy atom. The Balaban J connectivity index is 2.58. The minimum Gasteiger partial charge on any atom is -0.350 e. The minimum absolute atomic E-state index is 0.0812. The van der Waals surface area contributed by atoms with Crippen LogP contribution in [0.5, 0.6) is 0 Å². The van der Waals surface area contributed by atoms with E-state index in [1.165, 1.54) is 5.56 Å². The summed E-state index contributed by atoms with van der Waals surface area (Å²) in [7, 11) is 0. The van der Waals surface area contributed by atoms with Gasteiger partial charge in [-0.3, -0.25) is 4.79 Å². The van der Waals surface area contributed by atoms with Gasteiger partial charge < -0.3 is 5.32 Å². The summed E-state index contributed by atoms with van der Waals surface area (Å²) in [6, 6.07) is 8.08. The topological polar surface area (TPSA) is 29.1 Å². The van der Waals surface area contributed by atoms with Gasteiger partial charge in [0.05, 0.1) is 6.42 Å². The van der Waals surface area contributed by atoms with Crippen molar-refractivity contribution in [3.05, 3.63) is 35.4 Å². The highest BCUT2D eigenvalue weighted by molar-refractivity contribution is 9.09. The summed E-state index contributed by atoms with van der Waals surface area (Å²) < 4.78 is 0. The molecule has 0 aliphatic rings. The highest BCUT2D eigenvalue weighted by Gasteiger charge is 2.22. The zero-order valence-electron chi connectivity index (χ0n) is 10.7. The normalized spacial score (nSPS) is 14.1. The molecule has 1 N–H and O–H groups in total. The summed E-state index contributed by atoms with van der Waals surface area (Å²) >= 11 is 3.44. The van der Waals surface area contributed by atoms with Crippen LogP contribution in [0, 0.1) is 6.92 Å². The van der Waals surface area contributed by atoms with E-state index in [9.17, 15) is 4.79 Å². The molecule has 0 radical (unpaired) electrons. The molecule has 3 heteroatoms. The smallest absolute Gasteiger partial charge is 0.224 e. The molecule has 94 valence electrons. The first-order valence-electron chi connectivity index (χ1n) is 5.91. The fraction of sp³-hybridized carbons (Fsp3) is 0.500. The fourth-order valence-corrected chi connectivity index (χ4v) is 2.03.